The van der Waals surface area contributed by atoms with Crippen LogP contribution in [0.4, 0.5) is 0 Å². The van der Waals surface area contributed by atoms with E-state index in [2.05, 4.69) is 6.07 Å². The van der Waals surface area contributed by atoms with Crippen molar-refractivity contribution in [2.75, 3.05) is 6.54 Å². The quantitative estimate of drug-likeness (QED) is 0.736. The molecule has 1 aromatic carbocycles. The summed E-state index contributed by atoms with van der Waals surface area (Å²) in [6.07, 6.45) is 2.47. The summed E-state index contributed by atoms with van der Waals surface area (Å²) < 4.78 is 0. The molecule has 0 aliphatic heterocycles. The predicted molar refractivity (Wildman–Crippen MR) is 51.9 cm³/mol. The lowest BCUT2D eigenvalue weighted by atomic mass is 10.0. The zero-order chi connectivity index (χ0) is 9.26. The molecule has 0 heterocycles. The van der Waals surface area contributed by atoms with Crippen molar-refractivity contribution < 1.29 is 4.79 Å². The normalized spacial score (nSPS) is 14.7. The number of hydrogen-bond acceptors (Lipinski definition) is 2. The summed E-state index contributed by atoms with van der Waals surface area (Å²) in [5.74, 6) is 0.286. The number of carbonyl (C=O) groups is 1. The number of Topliss-reactive ketones (excluding diaryl/α,β-unsaturated/α-hetero) is 1. The van der Waals surface area contributed by atoms with Gasteiger partial charge in [0.15, 0.2) is 5.78 Å². The lowest BCUT2D eigenvalue weighted by Gasteiger charge is -2.05. The molecule has 2 rings (SSSR count). The van der Waals surface area contributed by atoms with Crippen LogP contribution in [0.5, 0.6) is 0 Å². The Bertz CT molecular complexity index is 344. The third-order valence-electron chi connectivity index (χ3n) is 2.59. The van der Waals surface area contributed by atoms with Crippen LogP contribution in [0.1, 0.15) is 27.9 Å². The molecule has 2 nitrogen and oxygen atoms in total. The van der Waals surface area contributed by atoms with Gasteiger partial charge in [0.1, 0.15) is 0 Å². The van der Waals surface area contributed by atoms with Gasteiger partial charge in [0.05, 0.1) is 0 Å². The summed E-state index contributed by atoms with van der Waals surface area (Å²) in [6, 6.07) is 5.95. The standard InChI is InChI=1S/C11H13NO/c12-7-6-8-2-1-3-10-9(8)4-5-11(10)13/h1-3H,4-7,12H2. The summed E-state index contributed by atoms with van der Waals surface area (Å²) in [6.45, 7) is 0.657. The fraction of sp³-hybridized carbons (Fsp3) is 0.364. The van der Waals surface area contributed by atoms with E-state index in [4.69, 9.17) is 5.73 Å². The van der Waals surface area contributed by atoms with Gasteiger partial charge < -0.3 is 5.73 Å². The average molecular weight is 175 g/mol. The maximum atomic E-state index is 11.4. The largest absolute Gasteiger partial charge is 0.330 e. The minimum Gasteiger partial charge on any atom is -0.330 e. The highest BCUT2D eigenvalue weighted by molar-refractivity contribution is 6.00. The van der Waals surface area contributed by atoms with E-state index in [0.29, 0.717) is 13.0 Å². The average Bonchev–Trinajstić information content (AvgIpc) is 2.50. The van der Waals surface area contributed by atoms with Crippen molar-refractivity contribution in [3.05, 3.63) is 34.9 Å². The fourth-order valence-corrected chi connectivity index (χ4v) is 1.95. The molecule has 1 aliphatic rings. The minimum absolute atomic E-state index is 0.286. The third-order valence-corrected chi connectivity index (χ3v) is 2.59. The first-order valence-corrected chi connectivity index (χ1v) is 4.67. The molecular formula is C11H13NO. The minimum atomic E-state index is 0.286. The van der Waals surface area contributed by atoms with Crippen LogP contribution in [-0.4, -0.2) is 12.3 Å². The van der Waals surface area contributed by atoms with Crippen molar-refractivity contribution in [2.24, 2.45) is 5.73 Å². The molecule has 0 radical (unpaired) electrons. The summed E-state index contributed by atoms with van der Waals surface area (Å²) >= 11 is 0. The topological polar surface area (TPSA) is 43.1 Å². The highest BCUT2D eigenvalue weighted by Gasteiger charge is 2.20. The Morgan fingerprint density at radius 1 is 1.31 bits per heavy atom. The van der Waals surface area contributed by atoms with Gasteiger partial charge in [0.2, 0.25) is 0 Å². The van der Waals surface area contributed by atoms with Crippen molar-refractivity contribution in [3.63, 3.8) is 0 Å². The first-order valence-electron chi connectivity index (χ1n) is 4.67. The first kappa shape index (κ1) is 8.45. The first-order chi connectivity index (χ1) is 6.33. The highest BCUT2D eigenvalue weighted by atomic mass is 16.1. The Morgan fingerprint density at radius 2 is 2.15 bits per heavy atom. The van der Waals surface area contributed by atoms with Gasteiger partial charge in [-0.2, -0.15) is 0 Å². The molecule has 0 atom stereocenters. The number of benzene rings is 1. The van der Waals surface area contributed by atoms with Gasteiger partial charge in [-0.1, -0.05) is 18.2 Å². The van der Waals surface area contributed by atoms with Crippen molar-refractivity contribution in [1.29, 1.82) is 0 Å². The van der Waals surface area contributed by atoms with E-state index >= 15 is 0 Å². The fourth-order valence-electron chi connectivity index (χ4n) is 1.95. The summed E-state index contributed by atoms with van der Waals surface area (Å²) in [5, 5.41) is 0. The predicted octanol–water partition coefficient (Wildman–Crippen LogP) is 1.32. The monoisotopic (exact) mass is 175 g/mol. The Morgan fingerprint density at radius 3 is 2.92 bits per heavy atom. The van der Waals surface area contributed by atoms with Crippen LogP contribution >= 0.6 is 0 Å². The number of carbonyl (C=O) groups excluding carboxylic acids is 1. The van der Waals surface area contributed by atoms with Crippen LogP contribution in [0, 0.1) is 0 Å². The van der Waals surface area contributed by atoms with Crippen LogP contribution in [0.25, 0.3) is 0 Å². The number of fused-ring (bicyclic) bond motifs is 1. The second-order valence-corrected chi connectivity index (χ2v) is 3.41. The number of ketones is 1. The molecule has 0 amide bonds. The summed E-state index contributed by atoms with van der Waals surface area (Å²) in [4.78, 5) is 11.4. The number of hydrogen-bond donors (Lipinski definition) is 1. The van der Waals surface area contributed by atoms with E-state index in [1.54, 1.807) is 0 Å². The van der Waals surface area contributed by atoms with Crippen molar-refractivity contribution in [2.45, 2.75) is 19.3 Å². The molecular weight excluding hydrogens is 162 g/mol. The summed E-state index contributed by atoms with van der Waals surface area (Å²) in [5.41, 5.74) is 8.92. The molecule has 68 valence electrons. The van der Waals surface area contributed by atoms with Gasteiger partial charge in [-0.25, -0.2) is 0 Å². The van der Waals surface area contributed by atoms with Crippen LogP contribution in [-0.2, 0) is 12.8 Å². The molecule has 0 bridgehead atoms. The highest BCUT2D eigenvalue weighted by Crippen LogP contribution is 2.25. The van der Waals surface area contributed by atoms with Gasteiger partial charge in [-0.3, -0.25) is 4.79 Å². The lowest BCUT2D eigenvalue weighted by molar-refractivity contribution is 0.0994. The zero-order valence-electron chi connectivity index (χ0n) is 7.55. The van der Waals surface area contributed by atoms with E-state index in [-0.39, 0.29) is 5.78 Å². The number of nitrogens with two attached hydrogens (primary N) is 1. The number of rotatable bonds is 2. The van der Waals surface area contributed by atoms with Crippen molar-refractivity contribution in [1.82, 2.24) is 0 Å². The second kappa shape index (κ2) is 3.30. The van der Waals surface area contributed by atoms with E-state index in [9.17, 15) is 4.79 Å². The molecule has 0 spiro atoms. The van der Waals surface area contributed by atoms with Crippen LogP contribution in [0.3, 0.4) is 0 Å². The Hall–Kier alpha value is -1.15. The van der Waals surface area contributed by atoms with Gasteiger partial charge in [-0.15, -0.1) is 0 Å². The Kier molecular flexibility index (Phi) is 2.15. The van der Waals surface area contributed by atoms with Gasteiger partial charge >= 0.3 is 0 Å². The molecule has 1 aliphatic carbocycles. The molecule has 2 heteroatoms. The van der Waals surface area contributed by atoms with Crippen LogP contribution in [0.15, 0.2) is 18.2 Å². The zero-order valence-corrected chi connectivity index (χ0v) is 7.55. The molecule has 0 aromatic heterocycles. The molecule has 0 saturated heterocycles. The van der Waals surface area contributed by atoms with E-state index in [1.165, 1.54) is 11.1 Å². The molecule has 0 unspecified atom stereocenters. The second-order valence-electron chi connectivity index (χ2n) is 3.41. The van der Waals surface area contributed by atoms with Gasteiger partial charge in [0.25, 0.3) is 0 Å². The smallest absolute Gasteiger partial charge is 0.163 e. The van der Waals surface area contributed by atoms with Gasteiger partial charge in [-0.05, 0) is 30.5 Å². The summed E-state index contributed by atoms with van der Waals surface area (Å²) in [7, 11) is 0. The SMILES string of the molecule is NCCc1cccc2c1CCC2=O. The maximum absolute atomic E-state index is 11.4. The van der Waals surface area contributed by atoms with Crippen molar-refractivity contribution in [3.8, 4) is 0 Å². The third kappa shape index (κ3) is 1.38. The van der Waals surface area contributed by atoms with Crippen molar-refractivity contribution >= 4 is 5.78 Å². The Labute approximate surface area is 77.8 Å². The Balaban J connectivity index is 2.44. The molecule has 1 aromatic rings. The molecule has 13 heavy (non-hydrogen) atoms. The van der Waals surface area contributed by atoms with Gasteiger partial charge in [0, 0.05) is 12.0 Å². The molecule has 2 N–H and O–H groups in total. The van der Waals surface area contributed by atoms with Crippen LogP contribution in [0.2, 0.25) is 0 Å². The van der Waals surface area contributed by atoms with E-state index < -0.39 is 0 Å². The van der Waals surface area contributed by atoms with E-state index in [0.717, 1.165) is 18.4 Å². The van der Waals surface area contributed by atoms with E-state index in [1.807, 2.05) is 12.1 Å². The van der Waals surface area contributed by atoms with Crippen LogP contribution < -0.4 is 5.73 Å². The molecule has 0 saturated carbocycles. The maximum Gasteiger partial charge on any atom is 0.163 e. The molecule has 0 fully saturated rings. The lowest BCUT2D eigenvalue weighted by Crippen LogP contribution is -2.05.